The van der Waals surface area contributed by atoms with Gasteiger partial charge in [0, 0.05) is 17.3 Å². The largest absolute Gasteiger partial charge is 0.492 e. The summed E-state index contributed by atoms with van der Waals surface area (Å²) in [5.41, 5.74) is 0. The molecule has 0 aromatic heterocycles. The summed E-state index contributed by atoms with van der Waals surface area (Å²) in [7, 11) is -2.95. The van der Waals surface area contributed by atoms with E-state index in [0.29, 0.717) is 18.1 Å². The van der Waals surface area contributed by atoms with Crippen molar-refractivity contribution >= 4 is 21.4 Å². The van der Waals surface area contributed by atoms with Gasteiger partial charge in [0.1, 0.15) is 22.2 Å². The van der Waals surface area contributed by atoms with Crippen LogP contribution in [-0.4, -0.2) is 39.6 Å². The number of hydrogen-bond donors (Lipinski definition) is 1. The fraction of sp³-hybridized carbons (Fsp3) is 0.571. The Morgan fingerprint density at radius 1 is 1.30 bits per heavy atom. The number of hydrogen-bond acceptors (Lipinski definition) is 4. The molecule has 114 valence electrons. The molecule has 20 heavy (non-hydrogen) atoms. The molecule has 1 unspecified atom stereocenters. The molecule has 1 aromatic carbocycles. The number of halogens is 1. The van der Waals surface area contributed by atoms with Gasteiger partial charge in [-0.3, -0.25) is 0 Å². The van der Waals surface area contributed by atoms with Gasteiger partial charge in [0.05, 0.1) is 5.75 Å². The lowest BCUT2D eigenvalue weighted by Crippen LogP contribution is -2.36. The molecule has 0 bridgehead atoms. The van der Waals surface area contributed by atoms with E-state index in [-0.39, 0.29) is 11.8 Å². The van der Waals surface area contributed by atoms with Crippen LogP contribution in [0, 0.1) is 0 Å². The van der Waals surface area contributed by atoms with Crippen molar-refractivity contribution in [1.82, 2.24) is 5.32 Å². The molecule has 0 saturated carbocycles. The van der Waals surface area contributed by atoms with Crippen molar-refractivity contribution in [2.45, 2.75) is 25.8 Å². The minimum absolute atomic E-state index is 0.0281. The summed E-state index contributed by atoms with van der Waals surface area (Å²) >= 11 is 5.81. The molecule has 0 amide bonds. The fourth-order valence-corrected chi connectivity index (χ4v) is 2.52. The van der Waals surface area contributed by atoms with E-state index in [4.69, 9.17) is 16.3 Å². The fourth-order valence-electron chi connectivity index (χ4n) is 1.68. The second kappa shape index (κ2) is 8.49. The first-order chi connectivity index (χ1) is 9.40. The van der Waals surface area contributed by atoms with Gasteiger partial charge in [-0.05, 0) is 43.7 Å². The number of nitrogens with one attached hydrogen (secondary N) is 1. The highest BCUT2D eigenvalue weighted by molar-refractivity contribution is 7.90. The second-order valence-corrected chi connectivity index (χ2v) is 7.53. The van der Waals surface area contributed by atoms with Crippen LogP contribution in [0.1, 0.15) is 19.8 Å². The van der Waals surface area contributed by atoms with Crippen LogP contribution >= 0.6 is 11.6 Å². The lowest BCUT2D eigenvalue weighted by molar-refractivity contribution is 0.261. The molecule has 0 saturated heterocycles. The third-order valence-electron chi connectivity index (χ3n) is 2.78. The van der Waals surface area contributed by atoms with E-state index in [1.54, 1.807) is 24.3 Å². The molecule has 0 spiro atoms. The molecule has 4 nitrogen and oxygen atoms in total. The summed E-state index contributed by atoms with van der Waals surface area (Å²) < 4.78 is 28.1. The van der Waals surface area contributed by atoms with Gasteiger partial charge in [-0.25, -0.2) is 8.42 Å². The number of rotatable bonds is 9. The molecule has 1 atom stereocenters. The van der Waals surface area contributed by atoms with Crippen molar-refractivity contribution in [3.8, 4) is 5.75 Å². The summed E-state index contributed by atoms with van der Waals surface area (Å²) in [6, 6.07) is 7.16. The van der Waals surface area contributed by atoms with Crippen LogP contribution in [0.3, 0.4) is 0 Å². The molecule has 0 aliphatic heterocycles. The zero-order chi connectivity index (χ0) is 15.0. The Morgan fingerprint density at radius 2 is 1.95 bits per heavy atom. The second-order valence-electron chi connectivity index (χ2n) is 4.83. The first-order valence-corrected chi connectivity index (χ1v) is 9.14. The van der Waals surface area contributed by atoms with E-state index in [2.05, 4.69) is 12.2 Å². The molecule has 0 aliphatic carbocycles. The summed E-state index contributed by atoms with van der Waals surface area (Å²) in [6.45, 7) is 3.36. The lowest BCUT2D eigenvalue weighted by Gasteiger charge is -2.18. The van der Waals surface area contributed by atoms with Gasteiger partial charge in [0.15, 0.2) is 0 Å². The van der Waals surface area contributed by atoms with Crippen molar-refractivity contribution in [3.63, 3.8) is 0 Å². The Bertz CT molecular complexity index is 488. The van der Waals surface area contributed by atoms with Crippen molar-refractivity contribution in [2.75, 3.05) is 25.2 Å². The van der Waals surface area contributed by atoms with Gasteiger partial charge in [-0.2, -0.15) is 0 Å². The van der Waals surface area contributed by atoms with Crippen LogP contribution in [0.15, 0.2) is 24.3 Å². The average molecular weight is 320 g/mol. The number of sulfone groups is 1. The Balaban J connectivity index is 2.48. The zero-order valence-corrected chi connectivity index (χ0v) is 13.5. The zero-order valence-electron chi connectivity index (χ0n) is 11.9. The summed E-state index contributed by atoms with van der Waals surface area (Å²) in [5.74, 6) is 0.898. The van der Waals surface area contributed by atoms with Crippen molar-refractivity contribution < 1.29 is 13.2 Å². The molecule has 0 heterocycles. The molecule has 1 rings (SSSR count). The highest BCUT2D eigenvalue weighted by Gasteiger charge is 2.12. The first-order valence-electron chi connectivity index (χ1n) is 6.70. The number of benzene rings is 1. The third kappa shape index (κ3) is 7.72. The summed E-state index contributed by atoms with van der Waals surface area (Å²) in [6.07, 6.45) is 2.80. The molecule has 0 aliphatic rings. The van der Waals surface area contributed by atoms with E-state index in [9.17, 15) is 8.42 Å². The predicted molar refractivity (Wildman–Crippen MR) is 83.4 cm³/mol. The Morgan fingerprint density at radius 3 is 2.50 bits per heavy atom. The molecule has 1 N–H and O–H groups in total. The monoisotopic (exact) mass is 319 g/mol. The highest BCUT2D eigenvalue weighted by atomic mass is 35.5. The van der Waals surface area contributed by atoms with Crippen LogP contribution in [0.5, 0.6) is 5.75 Å². The molecule has 6 heteroatoms. The van der Waals surface area contributed by atoms with Crippen LogP contribution in [0.25, 0.3) is 0 Å². The van der Waals surface area contributed by atoms with Crippen LogP contribution in [-0.2, 0) is 9.84 Å². The van der Waals surface area contributed by atoms with Crippen LogP contribution in [0.2, 0.25) is 5.02 Å². The molecule has 1 aromatic rings. The Labute approximate surface area is 126 Å². The third-order valence-corrected chi connectivity index (χ3v) is 4.01. The maximum absolute atomic E-state index is 11.2. The van der Waals surface area contributed by atoms with Gasteiger partial charge < -0.3 is 10.1 Å². The van der Waals surface area contributed by atoms with Crippen molar-refractivity contribution in [3.05, 3.63) is 29.3 Å². The van der Waals surface area contributed by atoms with Crippen molar-refractivity contribution in [1.29, 1.82) is 0 Å². The van der Waals surface area contributed by atoms with Crippen LogP contribution < -0.4 is 10.1 Å². The van der Waals surface area contributed by atoms with E-state index < -0.39 is 9.84 Å². The average Bonchev–Trinajstić information content (AvgIpc) is 2.38. The lowest BCUT2D eigenvalue weighted by atomic mass is 10.2. The molecule has 0 radical (unpaired) electrons. The Kier molecular flexibility index (Phi) is 7.34. The quantitative estimate of drug-likeness (QED) is 0.760. The standard InChI is InChI=1S/C14H22ClNO3S/c1-3-9-16-13(8-10-20(2,17)18)11-19-14-6-4-12(15)5-7-14/h4-7,13,16H,3,8-11H2,1-2H3. The van der Waals surface area contributed by atoms with Gasteiger partial charge in [0.25, 0.3) is 0 Å². The van der Waals surface area contributed by atoms with E-state index in [1.807, 2.05) is 0 Å². The first kappa shape index (κ1) is 17.3. The molecule has 0 fully saturated rings. The summed E-state index contributed by atoms with van der Waals surface area (Å²) in [5, 5.41) is 3.97. The van der Waals surface area contributed by atoms with Crippen LogP contribution in [0.4, 0.5) is 0 Å². The maximum Gasteiger partial charge on any atom is 0.147 e. The Hall–Kier alpha value is -0.780. The van der Waals surface area contributed by atoms with E-state index in [0.717, 1.165) is 18.7 Å². The predicted octanol–water partition coefficient (Wildman–Crippen LogP) is 2.52. The van der Waals surface area contributed by atoms with Gasteiger partial charge in [-0.15, -0.1) is 0 Å². The molecular weight excluding hydrogens is 298 g/mol. The smallest absolute Gasteiger partial charge is 0.147 e. The highest BCUT2D eigenvalue weighted by Crippen LogP contribution is 2.15. The topological polar surface area (TPSA) is 55.4 Å². The van der Waals surface area contributed by atoms with Crippen molar-refractivity contribution in [2.24, 2.45) is 0 Å². The minimum atomic E-state index is -2.95. The SMILES string of the molecule is CCCNC(CCS(C)(=O)=O)COc1ccc(Cl)cc1. The van der Waals surface area contributed by atoms with Gasteiger partial charge >= 0.3 is 0 Å². The normalized spacial score (nSPS) is 13.2. The van der Waals surface area contributed by atoms with Gasteiger partial charge in [-0.1, -0.05) is 18.5 Å². The minimum Gasteiger partial charge on any atom is -0.492 e. The van der Waals surface area contributed by atoms with Gasteiger partial charge in [0.2, 0.25) is 0 Å². The molecular formula is C14H22ClNO3S. The van der Waals surface area contributed by atoms with E-state index >= 15 is 0 Å². The van der Waals surface area contributed by atoms with E-state index in [1.165, 1.54) is 6.26 Å². The number of ether oxygens (including phenoxy) is 1. The summed E-state index contributed by atoms with van der Waals surface area (Å²) in [4.78, 5) is 0. The maximum atomic E-state index is 11.2.